The largest absolute Gasteiger partial charge is 0.464 e. The number of ether oxygens (including phenoxy) is 1. The number of hydrogen-bond donors (Lipinski definition) is 0. The summed E-state index contributed by atoms with van der Waals surface area (Å²) < 4.78 is 5.47. The third kappa shape index (κ3) is 5.82. The zero-order valence-corrected chi connectivity index (χ0v) is 16.7. The predicted octanol–water partition coefficient (Wildman–Crippen LogP) is 3.89. The van der Waals surface area contributed by atoms with Gasteiger partial charge in [-0.1, -0.05) is 52.9 Å². The van der Waals surface area contributed by atoms with Gasteiger partial charge in [0.15, 0.2) is 0 Å². The molecule has 0 bridgehead atoms. The van der Waals surface area contributed by atoms with E-state index in [1.807, 2.05) is 0 Å². The van der Waals surface area contributed by atoms with Gasteiger partial charge >= 0.3 is 5.97 Å². The Kier molecular flexibility index (Phi) is 7.66. The number of piperidine rings is 1. The van der Waals surface area contributed by atoms with Gasteiger partial charge in [0.05, 0.1) is 6.61 Å². The zero-order chi connectivity index (χ0) is 19.2. The summed E-state index contributed by atoms with van der Waals surface area (Å²) >= 11 is 0. The second kappa shape index (κ2) is 9.52. The van der Waals surface area contributed by atoms with Crippen molar-refractivity contribution in [3.8, 4) is 0 Å². The molecule has 26 heavy (non-hydrogen) atoms. The highest BCUT2D eigenvalue weighted by Crippen LogP contribution is 2.27. The van der Waals surface area contributed by atoms with Crippen LogP contribution >= 0.6 is 0 Å². The molecule has 2 fully saturated rings. The molecular weight excluding hydrogens is 330 g/mol. The van der Waals surface area contributed by atoms with E-state index in [1.165, 1.54) is 37.0 Å². The van der Waals surface area contributed by atoms with Crippen molar-refractivity contribution < 1.29 is 19.1 Å². The van der Waals surface area contributed by atoms with Crippen LogP contribution < -0.4 is 0 Å². The van der Waals surface area contributed by atoms with Crippen LogP contribution in [0.25, 0.3) is 0 Å². The average Bonchev–Trinajstić information content (AvgIpc) is 2.64. The number of ketones is 1. The summed E-state index contributed by atoms with van der Waals surface area (Å²) in [6.07, 6.45) is 10.9. The molecular formula is C21H35NO4. The molecule has 5 nitrogen and oxygen atoms in total. The molecule has 1 saturated carbocycles. The molecule has 1 heterocycles. The smallest absolute Gasteiger partial charge is 0.328 e. The van der Waals surface area contributed by atoms with Crippen LogP contribution in [0.5, 0.6) is 0 Å². The summed E-state index contributed by atoms with van der Waals surface area (Å²) in [5, 5.41) is 0. The number of nitrogens with zero attached hydrogens (tertiary/aromatic N) is 1. The highest BCUT2D eigenvalue weighted by Gasteiger charge is 2.39. The Labute approximate surface area is 157 Å². The monoisotopic (exact) mass is 365 g/mol. The van der Waals surface area contributed by atoms with E-state index in [4.69, 9.17) is 4.74 Å². The van der Waals surface area contributed by atoms with Gasteiger partial charge in [0.1, 0.15) is 6.04 Å². The lowest BCUT2D eigenvalue weighted by molar-refractivity contribution is -0.160. The van der Waals surface area contributed by atoms with Crippen molar-refractivity contribution in [2.45, 2.75) is 91.0 Å². The van der Waals surface area contributed by atoms with Crippen LogP contribution in [0.1, 0.15) is 85.0 Å². The first-order chi connectivity index (χ1) is 12.3. The van der Waals surface area contributed by atoms with Crippen molar-refractivity contribution in [3.05, 3.63) is 0 Å². The lowest BCUT2D eigenvalue weighted by atomic mass is 9.86. The Balaban J connectivity index is 1.82. The summed E-state index contributed by atoms with van der Waals surface area (Å²) in [6, 6.07) is -0.600. The van der Waals surface area contributed by atoms with Crippen molar-refractivity contribution in [1.82, 2.24) is 4.90 Å². The van der Waals surface area contributed by atoms with Gasteiger partial charge in [0, 0.05) is 12.0 Å². The summed E-state index contributed by atoms with van der Waals surface area (Å²) in [4.78, 5) is 38.8. The average molecular weight is 366 g/mol. The van der Waals surface area contributed by atoms with E-state index in [0.717, 1.165) is 31.6 Å². The van der Waals surface area contributed by atoms with Crippen molar-refractivity contribution in [2.24, 2.45) is 11.3 Å². The van der Waals surface area contributed by atoms with Crippen LogP contribution in [0.3, 0.4) is 0 Å². The van der Waals surface area contributed by atoms with Crippen LogP contribution in [-0.4, -0.2) is 41.8 Å². The number of carbonyl (C=O) groups is 3. The number of Topliss-reactive ketones (excluding diaryl/α,β-unsaturated/α-hetero) is 1. The quantitative estimate of drug-likeness (QED) is 0.407. The maximum atomic E-state index is 12.6. The van der Waals surface area contributed by atoms with Crippen molar-refractivity contribution >= 4 is 17.7 Å². The number of hydrogen-bond acceptors (Lipinski definition) is 4. The second-order valence-electron chi connectivity index (χ2n) is 8.90. The molecule has 0 spiro atoms. The molecule has 1 aliphatic heterocycles. The lowest BCUT2D eigenvalue weighted by Crippen LogP contribution is -2.52. The zero-order valence-electron chi connectivity index (χ0n) is 16.7. The molecule has 0 N–H and O–H groups in total. The first kappa shape index (κ1) is 20.9. The van der Waals surface area contributed by atoms with E-state index < -0.39 is 23.1 Å². The molecule has 5 heteroatoms. The molecule has 1 amide bonds. The summed E-state index contributed by atoms with van der Waals surface area (Å²) in [7, 11) is 0. The Morgan fingerprint density at radius 2 is 1.62 bits per heavy atom. The molecule has 1 aliphatic carbocycles. The van der Waals surface area contributed by atoms with Gasteiger partial charge in [-0.25, -0.2) is 4.79 Å². The summed E-state index contributed by atoms with van der Waals surface area (Å²) in [5.41, 5.74) is -0.733. The second-order valence-corrected chi connectivity index (χ2v) is 8.90. The van der Waals surface area contributed by atoms with Crippen molar-refractivity contribution in [1.29, 1.82) is 0 Å². The third-order valence-electron chi connectivity index (χ3n) is 5.64. The molecule has 148 valence electrons. The molecule has 0 aromatic heterocycles. The standard InChI is InChI=1S/C21H35NO4/c1-21(2,3)18(23)19(24)22-14-8-7-13-17(22)20(25)26-15-9-12-16-10-5-4-6-11-16/h16-17H,4-15H2,1-3H3/t17-/m0/s1. The topological polar surface area (TPSA) is 63.7 Å². The normalized spacial score (nSPS) is 22.1. The maximum absolute atomic E-state index is 12.6. The van der Waals surface area contributed by atoms with Crippen LogP contribution in [0.2, 0.25) is 0 Å². The van der Waals surface area contributed by atoms with Crippen molar-refractivity contribution in [2.75, 3.05) is 13.2 Å². The van der Waals surface area contributed by atoms with E-state index in [9.17, 15) is 14.4 Å². The fourth-order valence-corrected chi connectivity index (χ4v) is 3.99. The molecule has 0 radical (unpaired) electrons. The SMILES string of the molecule is CC(C)(C)C(=O)C(=O)N1CCCC[C@H]1C(=O)OCCCC1CCCCC1. The number of amides is 1. The van der Waals surface area contributed by atoms with Gasteiger partial charge in [-0.3, -0.25) is 9.59 Å². The number of rotatable bonds is 6. The van der Waals surface area contributed by atoms with Gasteiger partial charge in [-0.05, 0) is 38.0 Å². The number of carbonyl (C=O) groups excluding carboxylic acids is 3. The Bertz CT molecular complexity index is 503. The third-order valence-corrected chi connectivity index (χ3v) is 5.64. The molecule has 2 rings (SSSR count). The molecule has 1 saturated heterocycles. The Morgan fingerprint density at radius 1 is 0.962 bits per heavy atom. The van der Waals surface area contributed by atoms with Crippen molar-refractivity contribution in [3.63, 3.8) is 0 Å². The fourth-order valence-electron chi connectivity index (χ4n) is 3.99. The fraction of sp³-hybridized carbons (Fsp3) is 0.857. The molecule has 0 aromatic carbocycles. The molecule has 0 aromatic rings. The van der Waals surface area contributed by atoms with E-state index in [0.29, 0.717) is 19.6 Å². The maximum Gasteiger partial charge on any atom is 0.328 e. The molecule has 2 aliphatic rings. The molecule has 0 unspecified atom stereocenters. The van der Waals surface area contributed by atoms with E-state index >= 15 is 0 Å². The highest BCUT2D eigenvalue weighted by molar-refractivity contribution is 6.38. The van der Waals surface area contributed by atoms with E-state index in [-0.39, 0.29) is 5.97 Å². The Morgan fingerprint density at radius 3 is 2.27 bits per heavy atom. The summed E-state index contributed by atoms with van der Waals surface area (Å²) in [6.45, 7) is 6.07. The van der Waals surface area contributed by atoms with Gasteiger partial charge in [-0.15, -0.1) is 0 Å². The Hall–Kier alpha value is -1.39. The predicted molar refractivity (Wildman–Crippen MR) is 101 cm³/mol. The minimum Gasteiger partial charge on any atom is -0.464 e. The molecule has 1 atom stereocenters. The van der Waals surface area contributed by atoms with E-state index in [1.54, 1.807) is 20.8 Å². The van der Waals surface area contributed by atoms with Gasteiger partial charge in [0.25, 0.3) is 5.91 Å². The number of esters is 1. The van der Waals surface area contributed by atoms with Crippen LogP contribution in [0.4, 0.5) is 0 Å². The van der Waals surface area contributed by atoms with E-state index in [2.05, 4.69) is 0 Å². The van der Waals surface area contributed by atoms with Crippen LogP contribution in [-0.2, 0) is 19.1 Å². The number of likely N-dealkylation sites (tertiary alicyclic amines) is 1. The first-order valence-electron chi connectivity index (χ1n) is 10.3. The minimum atomic E-state index is -0.733. The van der Waals surface area contributed by atoms with Crippen LogP contribution in [0, 0.1) is 11.3 Å². The van der Waals surface area contributed by atoms with Gasteiger partial charge < -0.3 is 9.64 Å². The summed E-state index contributed by atoms with van der Waals surface area (Å²) in [5.74, 6) is -0.543. The minimum absolute atomic E-state index is 0.344. The first-order valence-corrected chi connectivity index (χ1v) is 10.3. The lowest BCUT2D eigenvalue weighted by Gasteiger charge is -2.35. The van der Waals surface area contributed by atoms with Gasteiger partial charge in [-0.2, -0.15) is 0 Å². The highest BCUT2D eigenvalue weighted by atomic mass is 16.5. The van der Waals surface area contributed by atoms with Crippen LogP contribution in [0.15, 0.2) is 0 Å². The van der Waals surface area contributed by atoms with Gasteiger partial charge in [0.2, 0.25) is 5.78 Å².